The number of phosphoric ester groups is 1. The molecule has 0 saturated carbocycles. The Morgan fingerprint density at radius 2 is 1.89 bits per heavy atom. The zero-order chi connectivity index (χ0) is 21.8. The summed E-state index contributed by atoms with van der Waals surface area (Å²) < 4.78 is 38.2. The van der Waals surface area contributed by atoms with E-state index in [0.29, 0.717) is 0 Å². The second-order valence-electron chi connectivity index (χ2n) is 8.14. The SMILES string of the molecule is COC(=O)CCNC(=O)[C@@H]1O[P@@](=O)(OC(C)OC(=O)C(C)(C)C)OCC1(C)C. The average molecular weight is 423 g/mol. The number of carbonyl (C=O) groups is 3. The topological polar surface area (TPSA) is 126 Å². The fourth-order valence-corrected chi connectivity index (χ4v) is 3.80. The maximum absolute atomic E-state index is 12.8. The van der Waals surface area contributed by atoms with Crippen molar-refractivity contribution >= 4 is 25.7 Å². The number of rotatable bonds is 7. The largest absolute Gasteiger partial charge is 0.478 e. The monoisotopic (exact) mass is 423 g/mol. The zero-order valence-corrected chi connectivity index (χ0v) is 18.3. The van der Waals surface area contributed by atoms with Crippen LogP contribution in [0.2, 0.25) is 0 Å². The van der Waals surface area contributed by atoms with Gasteiger partial charge in [0.1, 0.15) is 0 Å². The molecular weight excluding hydrogens is 393 g/mol. The Balaban J connectivity index is 2.75. The molecule has 0 aromatic rings. The first-order valence-corrected chi connectivity index (χ1v) is 10.3. The van der Waals surface area contributed by atoms with Crippen LogP contribution in [0.3, 0.4) is 0 Å². The van der Waals surface area contributed by atoms with E-state index >= 15 is 0 Å². The van der Waals surface area contributed by atoms with Crippen LogP contribution in [0.4, 0.5) is 0 Å². The summed E-state index contributed by atoms with van der Waals surface area (Å²) in [7, 11) is -2.91. The fraction of sp³-hybridized carbons (Fsp3) is 0.824. The Kier molecular flexibility index (Phi) is 8.20. The van der Waals surface area contributed by atoms with Crippen molar-refractivity contribution in [2.75, 3.05) is 20.3 Å². The van der Waals surface area contributed by atoms with Crippen LogP contribution < -0.4 is 5.32 Å². The maximum Gasteiger partial charge on any atom is 0.478 e. The highest BCUT2D eigenvalue weighted by molar-refractivity contribution is 7.48. The first-order chi connectivity index (χ1) is 12.7. The van der Waals surface area contributed by atoms with E-state index in [1.54, 1.807) is 34.6 Å². The lowest BCUT2D eigenvalue weighted by atomic mass is 9.87. The minimum Gasteiger partial charge on any atom is -0.469 e. The molecule has 0 radical (unpaired) electrons. The molecule has 0 bridgehead atoms. The van der Waals surface area contributed by atoms with Gasteiger partial charge in [0, 0.05) is 12.0 Å². The molecule has 0 aromatic carbocycles. The molecule has 3 atom stereocenters. The number of hydrogen-bond acceptors (Lipinski definition) is 9. The van der Waals surface area contributed by atoms with E-state index in [1.165, 1.54) is 14.0 Å². The number of methoxy groups -OCH3 is 1. The minimum absolute atomic E-state index is 0.0140. The fourth-order valence-electron chi connectivity index (χ4n) is 2.09. The number of ether oxygens (including phenoxy) is 2. The summed E-state index contributed by atoms with van der Waals surface area (Å²) in [6.45, 7) is 9.71. The highest BCUT2D eigenvalue weighted by Crippen LogP contribution is 2.58. The molecule has 1 aliphatic heterocycles. The highest BCUT2D eigenvalue weighted by atomic mass is 31.2. The van der Waals surface area contributed by atoms with Crippen LogP contribution in [-0.2, 0) is 42.0 Å². The Hall–Kier alpha value is -1.48. The van der Waals surface area contributed by atoms with Gasteiger partial charge in [0.05, 0.1) is 25.6 Å². The third-order valence-electron chi connectivity index (χ3n) is 3.80. The molecule has 1 aliphatic rings. The maximum atomic E-state index is 12.8. The van der Waals surface area contributed by atoms with Gasteiger partial charge in [-0.05, 0) is 27.7 Å². The van der Waals surface area contributed by atoms with Crippen molar-refractivity contribution in [2.45, 2.75) is 60.4 Å². The smallest absolute Gasteiger partial charge is 0.469 e. The molecule has 1 heterocycles. The van der Waals surface area contributed by atoms with Crippen LogP contribution in [0, 0.1) is 10.8 Å². The average Bonchev–Trinajstić information content (AvgIpc) is 2.56. The van der Waals surface area contributed by atoms with Gasteiger partial charge in [0.2, 0.25) is 12.2 Å². The number of esters is 2. The number of nitrogens with one attached hydrogen (secondary N) is 1. The quantitative estimate of drug-likeness (QED) is 0.372. The number of carbonyl (C=O) groups excluding carboxylic acids is 3. The molecule has 1 rings (SSSR count). The third-order valence-corrected chi connectivity index (χ3v) is 5.27. The summed E-state index contributed by atoms with van der Waals surface area (Å²) >= 11 is 0. The Labute approximate surface area is 165 Å². The molecular formula is C17H30NO9P. The molecule has 1 N–H and O–H groups in total. The zero-order valence-electron chi connectivity index (χ0n) is 17.4. The Morgan fingerprint density at radius 3 is 2.43 bits per heavy atom. The van der Waals surface area contributed by atoms with Gasteiger partial charge in [-0.1, -0.05) is 13.8 Å². The molecule has 0 aromatic heterocycles. The predicted molar refractivity (Wildman–Crippen MR) is 97.9 cm³/mol. The van der Waals surface area contributed by atoms with Crippen LogP contribution in [0.25, 0.3) is 0 Å². The lowest BCUT2D eigenvalue weighted by molar-refractivity contribution is -0.177. The van der Waals surface area contributed by atoms with Crippen molar-refractivity contribution in [1.29, 1.82) is 0 Å². The highest BCUT2D eigenvalue weighted by Gasteiger charge is 2.50. The normalized spacial score (nSPS) is 25.5. The Bertz CT molecular complexity index is 641. The molecule has 1 amide bonds. The van der Waals surface area contributed by atoms with E-state index in [0.717, 1.165) is 0 Å². The van der Waals surface area contributed by atoms with Crippen molar-refractivity contribution in [3.8, 4) is 0 Å². The lowest BCUT2D eigenvalue weighted by Gasteiger charge is -2.39. The predicted octanol–water partition coefficient (Wildman–Crippen LogP) is 2.17. The van der Waals surface area contributed by atoms with Gasteiger partial charge in [0.15, 0.2) is 6.10 Å². The summed E-state index contributed by atoms with van der Waals surface area (Å²) in [4.78, 5) is 35.5. The van der Waals surface area contributed by atoms with E-state index in [-0.39, 0.29) is 19.6 Å². The van der Waals surface area contributed by atoms with Gasteiger partial charge >= 0.3 is 19.8 Å². The summed E-state index contributed by atoms with van der Waals surface area (Å²) in [5.41, 5.74) is -1.58. The van der Waals surface area contributed by atoms with Crippen molar-refractivity contribution in [3.63, 3.8) is 0 Å². The molecule has 162 valence electrons. The van der Waals surface area contributed by atoms with Crippen molar-refractivity contribution in [1.82, 2.24) is 5.32 Å². The summed E-state index contributed by atoms with van der Waals surface area (Å²) in [5, 5.41) is 2.53. The van der Waals surface area contributed by atoms with Crippen LogP contribution in [0.5, 0.6) is 0 Å². The van der Waals surface area contributed by atoms with Gasteiger partial charge in [-0.15, -0.1) is 0 Å². The van der Waals surface area contributed by atoms with E-state index in [4.69, 9.17) is 18.3 Å². The molecule has 0 aliphatic carbocycles. The number of phosphoric acid groups is 1. The van der Waals surface area contributed by atoms with E-state index in [1.807, 2.05) is 0 Å². The van der Waals surface area contributed by atoms with Gasteiger partial charge in [-0.2, -0.15) is 0 Å². The second kappa shape index (κ2) is 9.35. The van der Waals surface area contributed by atoms with E-state index in [9.17, 15) is 18.9 Å². The summed E-state index contributed by atoms with van der Waals surface area (Å²) in [6.07, 6.45) is -2.38. The standard InChI is InChI=1S/C17H30NO9P/c1-11(25-15(21)16(2,3)4)26-28(22)24-10-17(5,6)13(27-28)14(20)18-9-8-12(19)23-7/h11,13H,8-10H2,1-7H3,(H,18,20)/t11?,13-,28+/m0/s1. The van der Waals surface area contributed by atoms with E-state index in [2.05, 4.69) is 10.1 Å². The molecule has 1 fully saturated rings. The van der Waals surface area contributed by atoms with Gasteiger partial charge < -0.3 is 14.8 Å². The van der Waals surface area contributed by atoms with E-state index < -0.39 is 48.9 Å². The van der Waals surface area contributed by atoms with Crippen LogP contribution in [0.15, 0.2) is 0 Å². The number of hydrogen-bond donors (Lipinski definition) is 1. The molecule has 11 heteroatoms. The summed E-state index contributed by atoms with van der Waals surface area (Å²) in [6, 6.07) is 0. The molecule has 1 unspecified atom stereocenters. The van der Waals surface area contributed by atoms with Crippen molar-refractivity contribution in [3.05, 3.63) is 0 Å². The van der Waals surface area contributed by atoms with Crippen LogP contribution >= 0.6 is 7.82 Å². The van der Waals surface area contributed by atoms with Crippen LogP contribution in [0.1, 0.15) is 48.0 Å². The van der Waals surface area contributed by atoms with Gasteiger partial charge in [-0.3, -0.25) is 23.4 Å². The second-order valence-corrected chi connectivity index (χ2v) is 9.71. The first-order valence-electron chi connectivity index (χ1n) is 8.87. The molecule has 1 saturated heterocycles. The number of amides is 1. The van der Waals surface area contributed by atoms with Gasteiger partial charge in [-0.25, -0.2) is 9.09 Å². The van der Waals surface area contributed by atoms with Gasteiger partial charge in [0.25, 0.3) is 0 Å². The third kappa shape index (κ3) is 7.16. The minimum atomic E-state index is -4.15. The lowest BCUT2D eigenvalue weighted by Crippen LogP contribution is -2.50. The Morgan fingerprint density at radius 1 is 1.29 bits per heavy atom. The van der Waals surface area contributed by atoms with Crippen LogP contribution in [-0.4, -0.2) is 50.5 Å². The van der Waals surface area contributed by atoms with Crippen molar-refractivity contribution in [2.24, 2.45) is 10.8 Å². The molecule has 28 heavy (non-hydrogen) atoms. The molecule has 0 spiro atoms. The molecule has 10 nitrogen and oxygen atoms in total. The van der Waals surface area contributed by atoms with Crippen molar-refractivity contribution < 1.29 is 42.0 Å². The first kappa shape index (κ1) is 24.6. The summed E-state index contributed by atoms with van der Waals surface area (Å²) in [5.74, 6) is -1.60.